The maximum absolute atomic E-state index is 12.8. The van der Waals surface area contributed by atoms with Gasteiger partial charge in [0.1, 0.15) is 10.8 Å². The molecule has 0 saturated carbocycles. The zero-order chi connectivity index (χ0) is 23.5. The van der Waals surface area contributed by atoms with Crippen molar-refractivity contribution in [3.8, 4) is 16.3 Å². The van der Waals surface area contributed by atoms with E-state index in [1.807, 2.05) is 50.5 Å². The van der Waals surface area contributed by atoms with Gasteiger partial charge in [0.05, 0.1) is 16.3 Å². The highest BCUT2D eigenvalue weighted by Gasteiger charge is 2.21. The molecular formula is C28H29N3O2S. The van der Waals surface area contributed by atoms with Gasteiger partial charge in [-0.15, -0.1) is 11.3 Å². The van der Waals surface area contributed by atoms with E-state index < -0.39 is 0 Å². The number of ether oxygens (including phenoxy) is 1. The lowest BCUT2D eigenvalue weighted by molar-refractivity contribution is -0.124. The second kappa shape index (κ2) is 9.95. The maximum Gasteiger partial charge on any atom is 0.258 e. The number of aryl methyl sites for hydroxylation is 1. The van der Waals surface area contributed by atoms with Gasteiger partial charge in [0.2, 0.25) is 0 Å². The van der Waals surface area contributed by atoms with Gasteiger partial charge in [-0.2, -0.15) is 0 Å². The Morgan fingerprint density at radius 1 is 1.12 bits per heavy atom. The standard InChI is InChI=1S/C28H29N3O2S/c1-31(2)17-21-16-20(28-30-24-11-5-6-13-26(24)34-28)14-15-25(21)33-18-27(32)29-23-12-7-9-19-8-3-4-10-22(19)23/h3-6,8,10-11,13-16,23H,7,9,12,17-18H2,1-2H3,(H,29,32)/t23-/m0/s1. The van der Waals surface area contributed by atoms with E-state index in [4.69, 9.17) is 9.72 Å². The largest absolute Gasteiger partial charge is 0.483 e. The first kappa shape index (κ1) is 22.6. The third-order valence-electron chi connectivity index (χ3n) is 6.15. The Labute approximate surface area is 204 Å². The Balaban J connectivity index is 1.30. The summed E-state index contributed by atoms with van der Waals surface area (Å²) in [5.74, 6) is 0.644. The Morgan fingerprint density at radius 2 is 1.94 bits per heavy atom. The fraction of sp³-hybridized carbons (Fsp3) is 0.286. The first-order chi connectivity index (χ1) is 16.6. The summed E-state index contributed by atoms with van der Waals surface area (Å²) in [6, 6.07) is 22.7. The summed E-state index contributed by atoms with van der Waals surface area (Å²) in [6.45, 7) is 0.714. The normalized spacial score (nSPS) is 15.3. The number of benzene rings is 3. The average molecular weight is 472 g/mol. The van der Waals surface area contributed by atoms with Crippen LogP contribution in [-0.4, -0.2) is 36.5 Å². The minimum absolute atomic E-state index is 0.000417. The highest BCUT2D eigenvalue weighted by Crippen LogP contribution is 2.33. The molecule has 1 aromatic heterocycles. The molecule has 6 heteroatoms. The second-order valence-electron chi connectivity index (χ2n) is 9.05. The van der Waals surface area contributed by atoms with Crippen LogP contribution in [0.1, 0.15) is 35.6 Å². The van der Waals surface area contributed by atoms with Gasteiger partial charge in [-0.05, 0) is 74.8 Å². The molecule has 0 radical (unpaired) electrons. The molecule has 3 aromatic carbocycles. The van der Waals surface area contributed by atoms with Crippen molar-refractivity contribution in [1.29, 1.82) is 0 Å². The van der Waals surface area contributed by atoms with Gasteiger partial charge in [0, 0.05) is 17.7 Å². The number of para-hydroxylation sites is 1. The Kier molecular flexibility index (Phi) is 6.61. The molecular weight excluding hydrogens is 442 g/mol. The smallest absolute Gasteiger partial charge is 0.258 e. The molecule has 0 aliphatic heterocycles. The fourth-order valence-corrected chi connectivity index (χ4v) is 5.56. The van der Waals surface area contributed by atoms with Crippen LogP contribution in [0.3, 0.4) is 0 Å². The fourth-order valence-electron chi connectivity index (χ4n) is 4.60. The monoisotopic (exact) mass is 471 g/mol. The molecule has 0 saturated heterocycles. The number of hydrogen-bond donors (Lipinski definition) is 1. The van der Waals surface area contributed by atoms with Crippen molar-refractivity contribution in [3.05, 3.63) is 83.4 Å². The van der Waals surface area contributed by atoms with Gasteiger partial charge in [0.25, 0.3) is 5.91 Å². The molecule has 5 rings (SSSR count). The van der Waals surface area contributed by atoms with E-state index in [1.54, 1.807) is 11.3 Å². The maximum atomic E-state index is 12.8. The average Bonchev–Trinajstić information content (AvgIpc) is 3.27. The number of carbonyl (C=O) groups is 1. The van der Waals surface area contributed by atoms with E-state index in [-0.39, 0.29) is 18.6 Å². The summed E-state index contributed by atoms with van der Waals surface area (Å²) in [5.41, 5.74) is 5.68. The van der Waals surface area contributed by atoms with Gasteiger partial charge >= 0.3 is 0 Å². The van der Waals surface area contributed by atoms with Crippen molar-refractivity contribution in [2.45, 2.75) is 31.8 Å². The van der Waals surface area contributed by atoms with Crippen molar-refractivity contribution >= 4 is 27.5 Å². The molecule has 4 aromatic rings. The van der Waals surface area contributed by atoms with E-state index in [0.717, 1.165) is 46.7 Å². The van der Waals surface area contributed by atoms with Crippen LogP contribution in [0.4, 0.5) is 0 Å². The topological polar surface area (TPSA) is 54.5 Å². The molecule has 34 heavy (non-hydrogen) atoms. The van der Waals surface area contributed by atoms with E-state index in [0.29, 0.717) is 6.54 Å². The number of nitrogens with zero attached hydrogens (tertiary/aromatic N) is 2. The van der Waals surface area contributed by atoms with Crippen LogP contribution in [0.15, 0.2) is 66.7 Å². The lowest BCUT2D eigenvalue weighted by atomic mass is 9.88. The highest BCUT2D eigenvalue weighted by molar-refractivity contribution is 7.21. The molecule has 0 spiro atoms. The number of aromatic nitrogens is 1. The van der Waals surface area contributed by atoms with Crippen molar-refractivity contribution in [3.63, 3.8) is 0 Å². The number of rotatable bonds is 7. The number of thiazole rings is 1. The summed E-state index contributed by atoms with van der Waals surface area (Å²) < 4.78 is 7.20. The summed E-state index contributed by atoms with van der Waals surface area (Å²) >= 11 is 1.69. The number of hydrogen-bond acceptors (Lipinski definition) is 5. The third kappa shape index (κ3) is 4.98. The summed E-state index contributed by atoms with van der Waals surface area (Å²) in [5, 5.41) is 4.16. The first-order valence-corrected chi connectivity index (χ1v) is 12.5. The predicted octanol–water partition coefficient (Wildman–Crippen LogP) is 5.60. The van der Waals surface area contributed by atoms with Crippen molar-refractivity contribution < 1.29 is 9.53 Å². The summed E-state index contributed by atoms with van der Waals surface area (Å²) in [4.78, 5) is 19.7. The number of fused-ring (bicyclic) bond motifs is 2. The molecule has 1 N–H and O–H groups in total. The summed E-state index contributed by atoms with van der Waals surface area (Å²) in [6.07, 6.45) is 3.13. The quantitative estimate of drug-likeness (QED) is 0.381. The van der Waals surface area contributed by atoms with Gasteiger partial charge < -0.3 is 15.0 Å². The number of nitrogens with one attached hydrogen (secondary N) is 1. The van der Waals surface area contributed by atoms with E-state index in [9.17, 15) is 4.79 Å². The Morgan fingerprint density at radius 3 is 2.79 bits per heavy atom. The molecule has 174 valence electrons. The zero-order valence-corrected chi connectivity index (χ0v) is 20.4. The minimum Gasteiger partial charge on any atom is -0.483 e. The molecule has 0 bridgehead atoms. The SMILES string of the molecule is CN(C)Cc1cc(-c2nc3ccccc3s2)ccc1OCC(=O)N[C@H]1CCCc2ccccc21. The first-order valence-electron chi connectivity index (χ1n) is 11.7. The molecule has 1 aliphatic carbocycles. The van der Waals surface area contributed by atoms with Crippen LogP contribution in [-0.2, 0) is 17.8 Å². The van der Waals surface area contributed by atoms with Crippen molar-refractivity contribution in [2.24, 2.45) is 0 Å². The Bertz CT molecular complexity index is 1280. The molecule has 0 unspecified atom stereocenters. The second-order valence-corrected chi connectivity index (χ2v) is 10.1. The molecule has 1 atom stereocenters. The van der Waals surface area contributed by atoms with E-state index >= 15 is 0 Å². The van der Waals surface area contributed by atoms with E-state index in [1.165, 1.54) is 15.8 Å². The van der Waals surface area contributed by atoms with Gasteiger partial charge in [0.15, 0.2) is 6.61 Å². The lowest BCUT2D eigenvalue weighted by Crippen LogP contribution is -2.34. The van der Waals surface area contributed by atoms with Crippen molar-refractivity contribution in [1.82, 2.24) is 15.2 Å². The molecule has 1 aliphatic rings. The minimum atomic E-state index is -0.0900. The van der Waals surface area contributed by atoms with Crippen molar-refractivity contribution in [2.75, 3.05) is 20.7 Å². The van der Waals surface area contributed by atoms with Crippen LogP contribution >= 0.6 is 11.3 Å². The van der Waals surface area contributed by atoms with E-state index in [2.05, 4.69) is 40.5 Å². The zero-order valence-electron chi connectivity index (χ0n) is 19.6. The van der Waals surface area contributed by atoms with Crippen LogP contribution < -0.4 is 10.1 Å². The molecule has 1 amide bonds. The van der Waals surface area contributed by atoms with Crippen LogP contribution in [0.2, 0.25) is 0 Å². The van der Waals surface area contributed by atoms with Crippen LogP contribution in [0.5, 0.6) is 5.75 Å². The molecule has 0 fully saturated rings. The van der Waals surface area contributed by atoms with Crippen LogP contribution in [0.25, 0.3) is 20.8 Å². The summed E-state index contributed by atoms with van der Waals surface area (Å²) in [7, 11) is 4.06. The van der Waals surface area contributed by atoms with Gasteiger partial charge in [-0.3, -0.25) is 4.79 Å². The molecule has 5 nitrogen and oxygen atoms in total. The Hall–Kier alpha value is -3.22. The predicted molar refractivity (Wildman–Crippen MR) is 138 cm³/mol. The molecule has 1 heterocycles. The highest BCUT2D eigenvalue weighted by atomic mass is 32.1. The van der Waals surface area contributed by atoms with Crippen LogP contribution in [0, 0.1) is 0 Å². The number of amides is 1. The number of carbonyl (C=O) groups excluding carboxylic acids is 1. The lowest BCUT2D eigenvalue weighted by Gasteiger charge is -2.26. The van der Waals surface area contributed by atoms with Gasteiger partial charge in [-0.1, -0.05) is 36.4 Å². The van der Waals surface area contributed by atoms with Gasteiger partial charge in [-0.25, -0.2) is 4.98 Å². The third-order valence-corrected chi connectivity index (χ3v) is 7.24.